The molecule has 0 bridgehead atoms. The van der Waals surface area contributed by atoms with Crippen molar-refractivity contribution in [3.8, 4) is 5.69 Å². The lowest BCUT2D eigenvalue weighted by atomic mass is 10.1. The Bertz CT molecular complexity index is 975. The van der Waals surface area contributed by atoms with Gasteiger partial charge in [0.25, 0.3) is 5.91 Å². The van der Waals surface area contributed by atoms with E-state index in [2.05, 4.69) is 10.3 Å². The number of esters is 1. The lowest BCUT2D eigenvalue weighted by Gasteiger charge is -2.11. The van der Waals surface area contributed by atoms with Gasteiger partial charge in [-0.3, -0.25) is 9.36 Å². The van der Waals surface area contributed by atoms with Gasteiger partial charge in [0.2, 0.25) is 0 Å². The number of nitrogens with one attached hydrogen (secondary N) is 1. The van der Waals surface area contributed by atoms with Crippen molar-refractivity contribution in [1.29, 1.82) is 0 Å². The normalized spacial score (nSPS) is 10.6. The largest absolute Gasteiger partial charge is 0.451 e. The number of thioether (sulfide) groups is 1. The predicted molar refractivity (Wildman–Crippen MR) is 109 cm³/mol. The third kappa shape index (κ3) is 5.45. The van der Waals surface area contributed by atoms with E-state index in [0.717, 1.165) is 11.3 Å². The summed E-state index contributed by atoms with van der Waals surface area (Å²) in [5.74, 6) is -1.34. The summed E-state index contributed by atoms with van der Waals surface area (Å²) in [6.07, 6.45) is 3.86. The van der Waals surface area contributed by atoms with Gasteiger partial charge in [0, 0.05) is 12.2 Å². The summed E-state index contributed by atoms with van der Waals surface area (Å²) in [4.78, 5) is 28.7. The number of para-hydroxylation sites is 1. The van der Waals surface area contributed by atoms with Gasteiger partial charge in [0.05, 0.1) is 6.20 Å². The quantitative estimate of drug-likeness (QED) is 0.453. The van der Waals surface area contributed by atoms with Crippen LogP contribution in [0.2, 0.25) is 0 Å². The highest BCUT2D eigenvalue weighted by molar-refractivity contribution is 7.98. The average molecular weight is 413 g/mol. The van der Waals surface area contributed by atoms with E-state index in [-0.39, 0.29) is 11.5 Å². The number of aromatic nitrogens is 2. The van der Waals surface area contributed by atoms with Crippen LogP contribution in [-0.4, -0.2) is 40.8 Å². The van der Waals surface area contributed by atoms with Gasteiger partial charge in [-0.15, -0.1) is 0 Å². The molecule has 0 aliphatic rings. The van der Waals surface area contributed by atoms with Gasteiger partial charge in [-0.2, -0.15) is 0 Å². The standard InChI is InChI=1S/C21H20FN3O3S/c1-29-21-24-13-18(25(21)17-5-3-2-4-6-17)20(27)28-14-19(26)23-12-11-15-7-9-16(22)10-8-15/h2-10,13H,11-12,14H2,1H3,(H,23,26). The molecule has 0 fully saturated rings. The van der Waals surface area contributed by atoms with E-state index in [9.17, 15) is 14.0 Å². The fourth-order valence-corrected chi connectivity index (χ4v) is 3.25. The highest BCUT2D eigenvalue weighted by Crippen LogP contribution is 2.22. The average Bonchev–Trinajstić information content (AvgIpc) is 3.18. The predicted octanol–water partition coefficient (Wildman–Crippen LogP) is 3.25. The molecular weight excluding hydrogens is 393 g/mol. The smallest absolute Gasteiger partial charge is 0.357 e. The van der Waals surface area contributed by atoms with Crippen LogP contribution in [-0.2, 0) is 16.0 Å². The molecule has 0 saturated carbocycles. The van der Waals surface area contributed by atoms with E-state index in [1.807, 2.05) is 36.6 Å². The monoisotopic (exact) mass is 413 g/mol. The zero-order valence-electron chi connectivity index (χ0n) is 15.8. The Hall–Kier alpha value is -3.13. The molecule has 1 heterocycles. The third-order valence-corrected chi connectivity index (χ3v) is 4.77. The molecule has 2 aromatic carbocycles. The second kappa shape index (κ2) is 9.88. The van der Waals surface area contributed by atoms with Crippen LogP contribution < -0.4 is 5.32 Å². The van der Waals surface area contributed by atoms with Crippen LogP contribution in [0.5, 0.6) is 0 Å². The number of ether oxygens (including phenoxy) is 1. The number of carbonyl (C=O) groups excluding carboxylic acids is 2. The number of hydrogen-bond donors (Lipinski definition) is 1. The Kier molecular flexibility index (Phi) is 7.02. The molecule has 8 heteroatoms. The molecule has 29 heavy (non-hydrogen) atoms. The Morgan fingerprint density at radius 3 is 2.55 bits per heavy atom. The number of amides is 1. The highest BCUT2D eigenvalue weighted by atomic mass is 32.2. The summed E-state index contributed by atoms with van der Waals surface area (Å²) in [5, 5.41) is 3.32. The van der Waals surface area contributed by atoms with E-state index in [0.29, 0.717) is 18.1 Å². The van der Waals surface area contributed by atoms with Gasteiger partial charge in [-0.1, -0.05) is 42.1 Å². The molecule has 0 unspecified atom stereocenters. The second-order valence-corrected chi connectivity index (χ2v) is 6.88. The summed E-state index contributed by atoms with van der Waals surface area (Å²) in [7, 11) is 0. The Balaban J connectivity index is 1.55. The van der Waals surface area contributed by atoms with Gasteiger partial charge in [0.1, 0.15) is 5.82 Å². The molecule has 0 aliphatic heterocycles. The third-order valence-electron chi connectivity index (χ3n) is 4.12. The maximum atomic E-state index is 12.9. The van der Waals surface area contributed by atoms with Crippen molar-refractivity contribution in [2.24, 2.45) is 0 Å². The first kappa shape index (κ1) is 20.6. The minimum atomic E-state index is -0.629. The minimum Gasteiger partial charge on any atom is -0.451 e. The van der Waals surface area contributed by atoms with Gasteiger partial charge >= 0.3 is 5.97 Å². The number of nitrogens with zero attached hydrogens (tertiary/aromatic N) is 2. The van der Waals surface area contributed by atoms with Crippen molar-refractivity contribution >= 4 is 23.6 Å². The molecule has 0 saturated heterocycles. The van der Waals surface area contributed by atoms with Crippen LogP contribution in [0.1, 0.15) is 16.1 Å². The fraction of sp³-hybridized carbons (Fsp3) is 0.190. The minimum absolute atomic E-state index is 0.250. The van der Waals surface area contributed by atoms with E-state index in [1.165, 1.54) is 30.1 Å². The molecule has 3 aromatic rings. The number of halogens is 1. The number of benzene rings is 2. The van der Waals surface area contributed by atoms with Gasteiger partial charge in [0.15, 0.2) is 17.5 Å². The molecule has 150 valence electrons. The molecule has 6 nitrogen and oxygen atoms in total. The molecule has 0 aliphatic carbocycles. The van der Waals surface area contributed by atoms with Crippen LogP contribution in [0.4, 0.5) is 4.39 Å². The van der Waals surface area contributed by atoms with Crippen LogP contribution in [0, 0.1) is 5.82 Å². The van der Waals surface area contributed by atoms with Crippen molar-refractivity contribution < 1.29 is 18.7 Å². The fourth-order valence-electron chi connectivity index (χ4n) is 2.70. The summed E-state index contributed by atoms with van der Waals surface area (Å²) in [5.41, 5.74) is 1.93. The van der Waals surface area contributed by atoms with Crippen molar-refractivity contribution in [2.75, 3.05) is 19.4 Å². The van der Waals surface area contributed by atoms with E-state index in [4.69, 9.17) is 4.74 Å². The summed E-state index contributed by atoms with van der Waals surface area (Å²) >= 11 is 1.40. The van der Waals surface area contributed by atoms with E-state index in [1.54, 1.807) is 16.7 Å². The Labute approximate surface area is 172 Å². The topological polar surface area (TPSA) is 73.2 Å². The zero-order valence-corrected chi connectivity index (χ0v) is 16.6. The van der Waals surface area contributed by atoms with Crippen molar-refractivity contribution in [3.05, 3.63) is 77.9 Å². The number of imidazole rings is 1. The number of carbonyl (C=O) groups is 2. The lowest BCUT2D eigenvalue weighted by Crippen LogP contribution is -2.30. The number of hydrogen-bond acceptors (Lipinski definition) is 5. The zero-order chi connectivity index (χ0) is 20.6. The van der Waals surface area contributed by atoms with Crippen LogP contribution in [0.25, 0.3) is 5.69 Å². The molecule has 1 aromatic heterocycles. The molecule has 1 N–H and O–H groups in total. The first-order valence-corrected chi connectivity index (χ1v) is 10.2. The second-order valence-electron chi connectivity index (χ2n) is 6.10. The molecule has 3 rings (SSSR count). The first-order valence-electron chi connectivity index (χ1n) is 8.94. The van der Waals surface area contributed by atoms with E-state index < -0.39 is 18.5 Å². The maximum Gasteiger partial charge on any atom is 0.357 e. The SMILES string of the molecule is CSc1ncc(C(=O)OCC(=O)NCCc2ccc(F)cc2)n1-c1ccccc1. The van der Waals surface area contributed by atoms with Crippen LogP contribution in [0.15, 0.2) is 66.0 Å². The summed E-state index contributed by atoms with van der Waals surface area (Å²) in [6, 6.07) is 15.4. The molecule has 0 spiro atoms. The summed E-state index contributed by atoms with van der Waals surface area (Å²) < 4.78 is 19.7. The molecule has 0 atom stereocenters. The molecule has 1 amide bonds. The molecular formula is C21H20FN3O3S. The van der Waals surface area contributed by atoms with Crippen LogP contribution in [0.3, 0.4) is 0 Å². The maximum absolute atomic E-state index is 12.9. The Morgan fingerprint density at radius 1 is 1.14 bits per heavy atom. The van der Waals surface area contributed by atoms with Crippen molar-refractivity contribution in [2.45, 2.75) is 11.6 Å². The first-order chi connectivity index (χ1) is 14.1. The van der Waals surface area contributed by atoms with Crippen LogP contribution >= 0.6 is 11.8 Å². The Morgan fingerprint density at radius 2 is 1.86 bits per heavy atom. The molecule has 0 radical (unpaired) electrons. The number of rotatable bonds is 8. The van der Waals surface area contributed by atoms with Gasteiger partial charge < -0.3 is 10.1 Å². The lowest BCUT2D eigenvalue weighted by molar-refractivity contribution is -0.124. The summed E-state index contributed by atoms with van der Waals surface area (Å²) in [6.45, 7) is -0.0303. The van der Waals surface area contributed by atoms with Crippen molar-refractivity contribution in [1.82, 2.24) is 14.9 Å². The van der Waals surface area contributed by atoms with E-state index >= 15 is 0 Å². The van der Waals surface area contributed by atoms with Gasteiger partial charge in [-0.05, 0) is 42.5 Å². The highest BCUT2D eigenvalue weighted by Gasteiger charge is 2.19. The van der Waals surface area contributed by atoms with Gasteiger partial charge in [-0.25, -0.2) is 14.2 Å². The van der Waals surface area contributed by atoms with Crippen molar-refractivity contribution in [3.63, 3.8) is 0 Å².